The highest BCUT2D eigenvalue weighted by Gasteiger charge is 2.23. The van der Waals surface area contributed by atoms with Gasteiger partial charge in [0, 0.05) is 39.8 Å². The van der Waals surface area contributed by atoms with Crippen molar-refractivity contribution in [3.8, 4) is 0 Å². The maximum Gasteiger partial charge on any atom is 0.0644 e. The molecule has 0 aromatic rings. The van der Waals surface area contributed by atoms with E-state index < -0.39 is 0 Å². The predicted octanol–water partition coefficient (Wildman–Crippen LogP) is 1.89. The number of nitrogens with zero attached hydrogens (tertiary/aromatic N) is 1. The minimum absolute atomic E-state index is 0.0469. The monoisotopic (exact) mass is 272 g/mol. The van der Waals surface area contributed by atoms with E-state index in [0.29, 0.717) is 0 Å². The van der Waals surface area contributed by atoms with Crippen molar-refractivity contribution in [2.24, 2.45) is 0 Å². The molecule has 0 amide bonds. The number of hydrogen-bond donors (Lipinski definition) is 1. The fourth-order valence-electron chi connectivity index (χ4n) is 2.11. The van der Waals surface area contributed by atoms with Crippen LogP contribution in [-0.2, 0) is 9.47 Å². The lowest BCUT2D eigenvalue weighted by atomic mass is 10.0. The van der Waals surface area contributed by atoms with Crippen molar-refractivity contribution in [1.82, 2.24) is 10.2 Å². The maximum absolute atomic E-state index is 6.04. The highest BCUT2D eigenvalue weighted by molar-refractivity contribution is 4.75. The topological polar surface area (TPSA) is 33.7 Å². The standard InChI is InChI=1S/C15H32N2O2/c1-14(2,18-5)7-13-19-15(3,4)6-10-17-11-8-16-9-12-17/h16H,6-13H2,1-5H3. The Labute approximate surface area is 118 Å². The second-order valence-electron chi connectivity index (χ2n) is 6.66. The van der Waals surface area contributed by atoms with Crippen LogP contribution >= 0.6 is 0 Å². The quantitative estimate of drug-likeness (QED) is 0.731. The van der Waals surface area contributed by atoms with Crippen molar-refractivity contribution >= 4 is 0 Å². The molecule has 0 aliphatic carbocycles. The molecule has 1 saturated heterocycles. The molecule has 4 nitrogen and oxygen atoms in total. The number of ether oxygens (including phenoxy) is 2. The second kappa shape index (κ2) is 7.58. The Morgan fingerprint density at radius 3 is 2.21 bits per heavy atom. The van der Waals surface area contributed by atoms with E-state index in [0.717, 1.165) is 52.2 Å². The smallest absolute Gasteiger partial charge is 0.0644 e. The fourth-order valence-corrected chi connectivity index (χ4v) is 2.11. The summed E-state index contributed by atoms with van der Waals surface area (Å²) in [6.07, 6.45) is 2.01. The summed E-state index contributed by atoms with van der Waals surface area (Å²) in [6.45, 7) is 15.0. The lowest BCUT2D eigenvalue weighted by molar-refractivity contribution is -0.0640. The van der Waals surface area contributed by atoms with Crippen molar-refractivity contribution in [3.05, 3.63) is 0 Å². The van der Waals surface area contributed by atoms with E-state index in [1.54, 1.807) is 7.11 Å². The van der Waals surface area contributed by atoms with Crippen LogP contribution in [0.4, 0.5) is 0 Å². The van der Waals surface area contributed by atoms with E-state index in [-0.39, 0.29) is 11.2 Å². The third kappa shape index (κ3) is 7.25. The first-order valence-corrected chi connectivity index (χ1v) is 7.47. The lowest BCUT2D eigenvalue weighted by Gasteiger charge is -2.33. The zero-order chi connectivity index (χ0) is 14.4. The summed E-state index contributed by atoms with van der Waals surface area (Å²) < 4.78 is 11.4. The summed E-state index contributed by atoms with van der Waals surface area (Å²) >= 11 is 0. The molecule has 1 aliphatic heterocycles. The fraction of sp³-hybridized carbons (Fsp3) is 1.00. The summed E-state index contributed by atoms with van der Waals surface area (Å²) in [5, 5.41) is 3.38. The van der Waals surface area contributed by atoms with Crippen LogP contribution in [0.15, 0.2) is 0 Å². The number of rotatable bonds is 8. The van der Waals surface area contributed by atoms with Crippen molar-refractivity contribution in [2.45, 2.75) is 51.7 Å². The van der Waals surface area contributed by atoms with Gasteiger partial charge in [-0.2, -0.15) is 0 Å². The zero-order valence-corrected chi connectivity index (χ0v) is 13.4. The van der Waals surface area contributed by atoms with Gasteiger partial charge in [0.05, 0.1) is 17.8 Å². The molecule has 1 rings (SSSR count). The van der Waals surface area contributed by atoms with Crippen LogP contribution in [0.5, 0.6) is 0 Å². The Hall–Kier alpha value is -0.160. The van der Waals surface area contributed by atoms with Gasteiger partial charge < -0.3 is 19.7 Å². The average Bonchev–Trinajstić information content (AvgIpc) is 2.37. The van der Waals surface area contributed by atoms with Gasteiger partial charge in [0.15, 0.2) is 0 Å². The van der Waals surface area contributed by atoms with Crippen LogP contribution in [0.3, 0.4) is 0 Å². The van der Waals surface area contributed by atoms with Crippen molar-refractivity contribution in [2.75, 3.05) is 46.4 Å². The van der Waals surface area contributed by atoms with Crippen LogP contribution in [-0.4, -0.2) is 62.5 Å². The molecule has 0 unspecified atom stereocenters. The molecule has 114 valence electrons. The van der Waals surface area contributed by atoms with Crippen molar-refractivity contribution < 1.29 is 9.47 Å². The molecule has 1 N–H and O–H groups in total. The first kappa shape index (κ1) is 16.9. The van der Waals surface area contributed by atoms with Gasteiger partial charge in [-0.15, -0.1) is 0 Å². The normalized spacial score (nSPS) is 18.8. The maximum atomic E-state index is 6.04. The molecule has 1 heterocycles. The number of piperazine rings is 1. The van der Waals surface area contributed by atoms with Crippen LogP contribution in [0.1, 0.15) is 40.5 Å². The van der Waals surface area contributed by atoms with Crippen LogP contribution in [0.2, 0.25) is 0 Å². The van der Waals surface area contributed by atoms with E-state index in [1.165, 1.54) is 0 Å². The molecule has 0 spiro atoms. The van der Waals surface area contributed by atoms with Crippen LogP contribution < -0.4 is 5.32 Å². The lowest BCUT2D eigenvalue weighted by Crippen LogP contribution is -2.45. The molecule has 0 aromatic heterocycles. The Morgan fingerprint density at radius 2 is 1.63 bits per heavy atom. The summed E-state index contributed by atoms with van der Waals surface area (Å²) in [5.41, 5.74) is -0.136. The Bertz CT molecular complexity index is 249. The van der Waals surface area contributed by atoms with E-state index >= 15 is 0 Å². The number of methoxy groups -OCH3 is 1. The molecule has 0 saturated carbocycles. The van der Waals surface area contributed by atoms with Gasteiger partial charge in [-0.25, -0.2) is 0 Å². The minimum Gasteiger partial charge on any atom is -0.379 e. The van der Waals surface area contributed by atoms with E-state index in [4.69, 9.17) is 9.47 Å². The first-order chi connectivity index (χ1) is 8.85. The SMILES string of the molecule is COC(C)(C)CCOC(C)(C)CCN1CCNCC1. The minimum atomic E-state index is -0.0887. The Morgan fingerprint density at radius 1 is 1.00 bits per heavy atom. The van der Waals surface area contributed by atoms with E-state index in [1.807, 2.05) is 0 Å². The van der Waals surface area contributed by atoms with Gasteiger partial charge >= 0.3 is 0 Å². The van der Waals surface area contributed by atoms with Crippen LogP contribution in [0, 0.1) is 0 Å². The first-order valence-electron chi connectivity index (χ1n) is 7.47. The molecule has 19 heavy (non-hydrogen) atoms. The highest BCUT2D eigenvalue weighted by atomic mass is 16.5. The highest BCUT2D eigenvalue weighted by Crippen LogP contribution is 2.19. The molecule has 1 fully saturated rings. The van der Waals surface area contributed by atoms with Gasteiger partial charge in [0.25, 0.3) is 0 Å². The van der Waals surface area contributed by atoms with Gasteiger partial charge in [-0.05, 0) is 40.5 Å². The summed E-state index contributed by atoms with van der Waals surface area (Å²) in [5.74, 6) is 0. The molecule has 0 bridgehead atoms. The van der Waals surface area contributed by atoms with E-state index in [2.05, 4.69) is 37.9 Å². The molecular weight excluding hydrogens is 240 g/mol. The van der Waals surface area contributed by atoms with Crippen LogP contribution in [0.25, 0.3) is 0 Å². The Balaban J connectivity index is 2.19. The van der Waals surface area contributed by atoms with Gasteiger partial charge in [-0.1, -0.05) is 0 Å². The zero-order valence-electron chi connectivity index (χ0n) is 13.4. The molecule has 1 aliphatic rings. The molecule has 4 heteroatoms. The third-order valence-corrected chi connectivity index (χ3v) is 3.99. The van der Waals surface area contributed by atoms with Crippen molar-refractivity contribution in [1.29, 1.82) is 0 Å². The number of hydrogen-bond acceptors (Lipinski definition) is 4. The Kier molecular flexibility index (Phi) is 6.74. The van der Waals surface area contributed by atoms with Crippen molar-refractivity contribution in [3.63, 3.8) is 0 Å². The summed E-state index contributed by atoms with van der Waals surface area (Å²) in [4.78, 5) is 2.51. The molecule has 0 aromatic carbocycles. The van der Waals surface area contributed by atoms with Gasteiger partial charge in [0.1, 0.15) is 0 Å². The van der Waals surface area contributed by atoms with Gasteiger partial charge in [0.2, 0.25) is 0 Å². The molecule has 0 atom stereocenters. The largest absolute Gasteiger partial charge is 0.379 e. The average molecular weight is 272 g/mol. The summed E-state index contributed by atoms with van der Waals surface area (Å²) in [6, 6.07) is 0. The van der Waals surface area contributed by atoms with Gasteiger partial charge in [-0.3, -0.25) is 0 Å². The summed E-state index contributed by atoms with van der Waals surface area (Å²) in [7, 11) is 1.76. The number of nitrogens with one attached hydrogen (secondary N) is 1. The molecular formula is C15H32N2O2. The van der Waals surface area contributed by atoms with E-state index in [9.17, 15) is 0 Å². The second-order valence-corrected chi connectivity index (χ2v) is 6.66. The molecule has 0 radical (unpaired) electrons. The third-order valence-electron chi connectivity index (χ3n) is 3.99. The predicted molar refractivity (Wildman–Crippen MR) is 79.7 cm³/mol.